The predicted octanol–water partition coefficient (Wildman–Crippen LogP) is 10.2. The molecule has 0 spiro atoms. The topological polar surface area (TPSA) is 56.5 Å². The molecule has 1 aliphatic rings. The summed E-state index contributed by atoms with van der Waals surface area (Å²) >= 11 is 0. The number of benzene rings is 2. The summed E-state index contributed by atoms with van der Waals surface area (Å²) in [6.07, 6.45) is 8.47. The van der Waals surface area contributed by atoms with Crippen LogP contribution in [0.5, 0.6) is 0 Å². The van der Waals surface area contributed by atoms with Gasteiger partial charge in [0.2, 0.25) is 11.8 Å². The van der Waals surface area contributed by atoms with E-state index in [-0.39, 0.29) is 18.7 Å². The zero-order valence-electron chi connectivity index (χ0n) is 26.1. The molecule has 3 rings (SSSR count). The van der Waals surface area contributed by atoms with Gasteiger partial charge in [-0.3, -0.25) is 9.79 Å². The van der Waals surface area contributed by atoms with Crippen LogP contribution in [0.2, 0.25) is 0 Å². The lowest BCUT2D eigenvalue weighted by Crippen LogP contribution is -2.26. The molecule has 0 saturated heterocycles. The van der Waals surface area contributed by atoms with Crippen molar-refractivity contribution >= 4 is 23.5 Å². The molecule has 0 atom stereocenters. The summed E-state index contributed by atoms with van der Waals surface area (Å²) in [7, 11) is 1.85. The van der Waals surface area contributed by atoms with E-state index in [0.717, 1.165) is 29.8 Å². The number of carbonyl (C=O) groups excluding carboxylic acids is 1. The predicted molar refractivity (Wildman–Crippen MR) is 167 cm³/mol. The third-order valence-electron chi connectivity index (χ3n) is 6.67. The summed E-state index contributed by atoms with van der Waals surface area (Å²) in [4.78, 5) is 17.7. The first-order valence-corrected chi connectivity index (χ1v) is 14.7. The number of aliphatic imine (C=N–C) groups is 1. The van der Waals surface area contributed by atoms with E-state index in [1.165, 1.54) is 18.4 Å². The first kappa shape index (κ1) is 36.9. The molecule has 0 aromatic heterocycles. The Balaban J connectivity index is 0.000000547. The third kappa shape index (κ3) is 14.9. The molecule has 0 aliphatic heterocycles. The molecule has 4 nitrogen and oxygen atoms in total. The number of nitrogens with zero attached hydrogens (tertiary/aromatic N) is 3. The quantitative estimate of drug-likeness (QED) is 0.333. The summed E-state index contributed by atoms with van der Waals surface area (Å²) in [6.45, 7) is 14.4. The van der Waals surface area contributed by atoms with Gasteiger partial charge in [-0.1, -0.05) is 65.7 Å². The van der Waals surface area contributed by atoms with E-state index >= 15 is 0 Å². The van der Waals surface area contributed by atoms with Crippen molar-refractivity contribution in [1.82, 2.24) is 0 Å². The normalized spacial score (nSPS) is 13.9. The number of para-hydroxylation sites is 1. The Morgan fingerprint density at radius 2 is 1.68 bits per heavy atom. The molecule has 222 valence electrons. The lowest BCUT2D eigenvalue weighted by atomic mass is 9.88. The number of aryl methyl sites for hydroxylation is 2. The lowest BCUT2D eigenvalue weighted by molar-refractivity contribution is -0.118. The number of amides is 1. The summed E-state index contributed by atoms with van der Waals surface area (Å²) in [6, 6.07) is 15.6. The molecule has 6 heteroatoms. The van der Waals surface area contributed by atoms with Crippen molar-refractivity contribution in [3.63, 3.8) is 0 Å². The number of halogens is 2. The smallest absolute Gasteiger partial charge is 0.248 e. The fourth-order valence-corrected chi connectivity index (χ4v) is 3.85. The molecule has 0 N–H and O–H groups in total. The fourth-order valence-electron chi connectivity index (χ4n) is 3.85. The number of unbranched alkanes of at least 4 members (excludes halogenated alkanes) is 1. The number of carbonyl (C=O) groups is 1. The van der Waals surface area contributed by atoms with Gasteiger partial charge in [0.15, 0.2) is 0 Å². The maximum Gasteiger partial charge on any atom is 0.248 e. The van der Waals surface area contributed by atoms with Gasteiger partial charge in [0.1, 0.15) is 0 Å². The van der Waals surface area contributed by atoms with Crippen LogP contribution in [0, 0.1) is 24.2 Å². The Bertz CT molecular complexity index is 1050. The Labute approximate surface area is 242 Å². The van der Waals surface area contributed by atoms with Gasteiger partial charge in [-0.05, 0) is 80.8 Å². The van der Waals surface area contributed by atoms with Gasteiger partial charge in [-0.15, -0.1) is 0 Å². The molecule has 0 heterocycles. The van der Waals surface area contributed by atoms with Gasteiger partial charge in [0.25, 0.3) is 0 Å². The van der Waals surface area contributed by atoms with E-state index < -0.39 is 5.92 Å². The Kier molecular flexibility index (Phi) is 19.2. The average Bonchev–Trinajstić information content (AvgIpc) is 2.96. The molecule has 0 radical (unpaired) electrons. The van der Waals surface area contributed by atoms with Crippen LogP contribution in [0.15, 0.2) is 47.5 Å². The SMILES string of the molecule is CC1CCC(F)(F)CC1.CC=Nc1ccc(C#N)cc1C.CCCC.CCCC(=O)N(C)c1ccccc1CC. The van der Waals surface area contributed by atoms with Crippen molar-refractivity contribution in [3.8, 4) is 6.07 Å². The van der Waals surface area contributed by atoms with Crippen LogP contribution >= 0.6 is 0 Å². The molecule has 0 bridgehead atoms. The zero-order valence-corrected chi connectivity index (χ0v) is 26.1. The molecule has 1 saturated carbocycles. The Hall–Kier alpha value is -3.07. The van der Waals surface area contributed by atoms with Crippen LogP contribution in [-0.4, -0.2) is 25.1 Å². The van der Waals surface area contributed by atoms with Crippen LogP contribution in [0.3, 0.4) is 0 Å². The minimum Gasteiger partial charge on any atom is -0.315 e. The van der Waals surface area contributed by atoms with Crippen LogP contribution in [-0.2, 0) is 11.2 Å². The van der Waals surface area contributed by atoms with Crippen LogP contribution in [0.1, 0.15) is 110 Å². The van der Waals surface area contributed by atoms with E-state index in [1.54, 1.807) is 17.2 Å². The highest BCUT2D eigenvalue weighted by molar-refractivity contribution is 5.93. The highest BCUT2D eigenvalue weighted by Gasteiger charge is 2.33. The van der Waals surface area contributed by atoms with Crippen molar-refractivity contribution in [2.75, 3.05) is 11.9 Å². The Morgan fingerprint density at radius 1 is 1.07 bits per heavy atom. The molecular weight excluding hydrogens is 504 g/mol. The summed E-state index contributed by atoms with van der Waals surface area (Å²) in [5, 5.41) is 8.59. The molecule has 1 aliphatic carbocycles. The molecule has 2 aromatic carbocycles. The average molecular weight is 556 g/mol. The fraction of sp³-hybridized carbons (Fsp3) is 0.559. The summed E-state index contributed by atoms with van der Waals surface area (Å²) in [5.41, 5.74) is 4.91. The van der Waals surface area contributed by atoms with Crippen molar-refractivity contribution in [2.45, 2.75) is 112 Å². The van der Waals surface area contributed by atoms with Crippen molar-refractivity contribution < 1.29 is 13.6 Å². The van der Waals surface area contributed by atoms with Gasteiger partial charge in [-0.25, -0.2) is 8.78 Å². The number of nitriles is 1. The second kappa shape index (κ2) is 20.8. The minimum absolute atomic E-state index is 0.105. The maximum atomic E-state index is 12.4. The minimum atomic E-state index is -2.34. The van der Waals surface area contributed by atoms with Gasteiger partial charge in [0.05, 0.1) is 17.3 Å². The molecule has 1 amide bonds. The standard InChI is InChI=1S/C13H19NO.C10H10N2.C7H12F2.C4H10/c1-4-8-13(15)14(3)12-10-7-6-9-11(12)5-2;1-3-12-10-5-4-9(7-11)6-8(10)2;1-6-2-4-7(8,9)5-3-6;1-3-4-2/h6-7,9-10H,4-5,8H2,1-3H3;3-6H,1-2H3;6H,2-5H2,1H3;3-4H2,1-2H3. The molecule has 2 aromatic rings. The summed E-state index contributed by atoms with van der Waals surface area (Å²) < 4.78 is 24.8. The molecule has 0 unspecified atom stereocenters. The van der Waals surface area contributed by atoms with Gasteiger partial charge >= 0.3 is 0 Å². The van der Waals surface area contributed by atoms with E-state index in [2.05, 4.69) is 37.9 Å². The second-order valence-corrected chi connectivity index (χ2v) is 10.2. The van der Waals surface area contributed by atoms with E-state index in [4.69, 9.17) is 5.26 Å². The first-order valence-electron chi connectivity index (χ1n) is 14.7. The van der Waals surface area contributed by atoms with Crippen LogP contribution < -0.4 is 4.90 Å². The number of hydrogen-bond acceptors (Lipinski definition) is 3. The van der Waals surface area contributed by atoms with Crippen LogP contribution in [0.4, 0.5) is 20.2 Å². The number of anilines is 1. The monoisotopic (exact) mass is 555 g/mol. The van der Waals surface area contributed by atoms with Crippen LogP contribution in [0.25, 0.3) is 0 Å². The third-order valence-corrected chi connectivity index (χ3v) is 6.67. The highest BCUT2D eigenvalue weighted by atomic mass is 19.3. The van der Waals surface area contributed by atoms with E-state index in [1.807, 2.05) is 65.1 Å². The van der Waals surface area contributed by atoms with Crippen molar-refractivity contribution in [2.24, 2.45) is 10.9 Å². The molecular formula is C34H51F2N3O. The van der Waals surface area contributed by atoms with Crippen molar-refractivity contribution in [1.29, 1.82) is 5.26 Å². The van der Waals surface area contributed by atoms with Gasteiger partial charge in [0, 0.05) is 38.2 Å². The van der Waals surface area contributed by atoms with Gasteiger partial charge in [-0.2, -0.15) is 5.26 Å². The molecule has 40 heavy (non-hydrogen) atoms. The van der Waals surface area contributed by atoms with E-state index in [9.17, 15) is 13.6 Å². The van der Waals surface area contributed by atoms with E-state index in [0.29, 0.717) is 30.7 Å². The Morgan fingerprint density at radius 3 is 2.12 bits per heavy atom. The van der Waals surface area contributed by atoms with Gasteiger partial charge < -0.3 is 4.90 Å². The van der Waals surface area contributed by atoms with Crippen molar-refractivity contribution in [3.05, 3.63) is 59.2 Å². The number of rotatable bonds is 6. The number of alkyl halides is 2. The second-order valence-electron chi connectivity index (χ2n) is 10.2. The molecule has 1 fully saturated rings. The largest absolute Gasteiger partial charge is 0.315 e. The zero-order chi connectivity index (χ0) is 30.6. The lowest BCUT2D eigenvalue weighted by Gasteiger charge is -2.25. The maximum absolute atomic E-state index is 12.4. The number of hydrogen-bond donors (Lipinski definition) is 0. The highest BCUT2D eigenvalue weighted by Crippen LogP contribution is 2.35. The first-order chi connectivity index (χ1) is 19.0. The summed E-state index contributed by atoms with van der Waals surface area (Å²) in [5.74, 6) is -1.63.